The van der Waals surface area contributed by atoms with Crippen molar-refractivity contribution < 1.29 is 0 Å². The van der Waals surface area contributed by atoms with Gasteiger partial charge >= 0.3 is 0 Å². The van der Waals surface area contributed by atoms with Crippen molar-refractivity contribution in [3.05, 3.63) is 52.2 Å². The van der Waals surface area contributed by atoms with Crippen LogP contribution in [0.15, 0.2) is 30.5 Å². The van der Waals surface area contributed by atoms with Gasteiger partial charge in [0.1, 0.15) is 0 Å². The van der Waals surface area contributed by atoms with E-state index in [1.165, 1.54) is 11.1 Å². The van der Waals surface area contributed by atoms with Crippen LogP contribution >= 0.6 is 11.6 Å². The zero-order valence-electron chi connectivity index (χ0n) is 9.63. The summed E-state index contributed by atoms with van der Waals surface area (Å²) in [4.78, 5) is 0. The smallest absolute Gasteiger partial charge is 0.0487 e. The number of hydrogen-bond acceptors (Lipinski definition) is 2. The molecule has 0 bridgehead atoms. The molecule has 0 radical (unpaired) electrons. The lowest BCUT2D eigenvalue weighted by Gasteiger charge is -2.09. The maximum Gasteiger partial charge on any atom is 0.0487 e. The number of nitrogens with two attached hydrogens (primary N) is 2. The minimum Gasteiger partial charge on any atom is -0.404 e. The molecule has 0 unspecified atom stereocenters. The molecule has 0 fully saturated rings. The second-order valence-electron chi connectivity index (χ2n) is 3.68. The molecular weight excluding hydrogens is 220 g/mol. The van der Waals surface area contributed by atoms with E-state index >= 15 is 0 Å². The summed E-state index contributed by atoms with van der Waals surface area (Å²) in [6, 6.07) is 3.99. The Labute approximate surface area is 102 Å². The molecule has 86 valence electrons. The molecule has 2 nitrogen and oxygen atoms in total. The van der Waals surface area contributed by atoms with E-state index in [1.807, 2.05) is 31.2 Å². The van der Waals surface area contributed by atoms with Crippen molar-refractivity contribution in [3.63, 3.8) is 0 Å². The van der Waals surface area contributed by atoms with E-state index in [0.717, 1.165) is 11.1 Å². The molecule has 16 heavy (non-hydrogen) atoms. The molecule has 0 aliphatic carbocycles. The largest absolute Gasteiger partial charge is 0.404 e. The molecule has 0 aliphatic rings. The predicted molar refractivity (Wildman–Crippen MR) is 71.3 cm³/mol. The molecule has 4 N–H and O–H groups in total. The van der Waals surface area contributed by atoms with E-state index < -0.39 is 0 Å². The highest BCUT2D eigenvalue weighted by molar-refractivity contribution is 6.32. The molecule has 0 atom stereocenters. The third-order valence-electron chi connectivity index (χ3n) is 2.51. The third-order valence-corrected chi connectivity index (χ3v) is 2.82. The monoisotopic (exact) mass is 236 g/mol. The summed E-state index contributed by atoms with van der Waals surface area (Å²) in [5, 5.41) is 0.710. The summed E-state index contributed by atoms with van der Waals surface area (Å²) in [6.45, 7) is 4.57. The number of halogens is 1. The topological polar surface area (TPSA) is 52.0 Å². The Balaban J connectivity index is 3.21. The fourth-order valence-corrected chi connectivity index (χ4v) is 1.76. The maximum absolute atomic E-state index is 6.19. The van der Waals surface area contributed by atoms with Gasteiger partial charge in [-0.3, -0.25) is 0 Å². The lowest BCUT2D eigenvalue weighted by atomic mass is 10.0. The summed E-state index contributed by atoms with van der Waals surface area (Å²) in [7, 11) is 0. The lowest BCUT2D eigenvalue weighted by Crippen LogP contribution is -1.95. The molecule has 1 rings (SSSR count). The van der Waals surface area contributed by atoms with Crippen molar-refractivity contribution in [2.24, 2.45) is 11.5 Å². The van der Waals surface area contributed by atoms with Gasteiger partial charge in [0.05, 0.1) is 0 Å². The van der Waals surface area contributed by atoms with Gasteiger partial charge in [-0.25, -0.2) is 0 Å². The first-order valence-electron chi connectivity index (χ1n) is 5.15. The molecule has 0 aliphatic heterocycles. The zero-order chi connectivity index (χ0) is 12.1. The number of aryl methyl sites for hydroxylation is 2. The second kappa shape index (κ2) is 5.73. The van der Waals surface area contributed by atoms with Crippen LogP contribution in [0.25, 0.3) is 5.57 Å². The van der Waals surface area contributed by atoms with Gasteiger partial charge in [-0.05, 0) is 42.7 Å². The molecule has 0 spiro atoms. The number of allylic oxidation sites excluding steroid dienone is 2. The SMILES string of the molecule is Cc1cc(Cl)c(C(/C=C\CN)=C/N)cc1C. The van der Waals surface area contributed by atoms with Crippen LogP contribution in [-0.4, -0.2) is 6.54 Å². The van der Waals surface area contributed by atoms with Crippen molar-refractivity contribution in [1.29, 1.82) is 0 Å². The molecule has 1 aromatic rings. The van der Waals surface area contributed by atoms with Crippen molar-refractivity contribution in [3.8, 4) is 0 Å². The minimum atomic E-state index is 0.486. The van der Waals surface area contributed by atoms with Crippen LogP contribution in [0, 0.1) is 13.8 Å². The predicted octanol–water partition coefficient (Wildman–Crippen LogP) is 2.77. The van der Waals surface area contributed by atoms with Crippen molar-refractivity contribution >= 4 is 17.2 Å². The third kappa shape index (κ3) is 2.87. The molecule has 0 aromatic heterocycles. The standard InChI is InChI=1S/C13H17ClN2/c1-9-6-12(13(14)7-10(9)2)11(8-16)4-3-5-15/h3-4,6-8H,5,15-16H2,1-2H3/b4-3-,11-8+. The Hall–Kier alpha value is -1.25. The molecule has 3 heteroatoms. The average molecular weight is 237 g/mol. The van der Waals surface area contributed by atoms with E-state index in [2.05, 4.69) is 6.92 Å². The fourth-order valence-electron chi connectivity index (χ4n) is 1.43. The van der Waals surface area contributed by atoms with Crippen LogP contribution in [0.2, 0.25) is 5.02 Å². The number of benzene rings is 1. The van der Waals surface area contributed by atoms with Crippen LogP contribution in [-0.2, 0) is 0 Å². The first-order chi connectivity index (χ1) is 7.60. The molecule has 0 amide bonds. The Bertz CT molecular complexity index is 434. The number of rotatable bonds is 3. The Morgan fingerprint density at radius 3 is 2.50 bits per heavy atom. The van der Waals surface area contributed by atoms with Gasteiger partial charge in [-0.1, -0.05) is 23.8 Å². The Morgan fingerprint density at radius 1 is 1.31 bits per heavy atom. The highest BCUT2D eigenvalue weighted by Crippen LogP contribution is 2.27. The van der Waals surface area contributed by atoms with Gasteiger partial charge in [-0.2, -0.15) is 0 Å². The number of hydrogen-bond donors (Lipinski definition) is 2. The second-order valence-corrected chi connectivity index (χ2v) is 4.08. The molecule has 0 saturated heterocycles. The lowest BCUT2D eigenvalue weighted by molar-refractivity contribution is 1.25. The summed E-state index contributed by atoms with van der Waals surface area (Å²) in [5.41, 5.74) is 15.2. The Morgan fingerprint density at radius 2 is 1.94 bits per heavy atom. The van der Waals surface area contributed by atoms with Crippen LogP contribution < -0.4 is 11.5 Å². The van der Waals surface area contributed by atoms with Crippen LogP contribution in [0.3, 0.4) is 0 Å². The van der Waals surface area contributed by atoms with Crippen molar-refractivity contribution in [1.82, 2.24) is 0 Å². The van der Waals surface area contributed by atoms with Crippen molar-refractivity contribution in [2.45, 2.75) is 13.8 Å². The van der Waals surface area contributed by atoms with Gasteiger partial charge in [0.15, 0.2) is 0 Å². The Kier molecular flexibility index (Phi) is 4.59. The van der Waals surface area contributed by atoms with Gasteiger partial charge in [0.25, 0.3) is 0 Å². The van der Waals surface area contributed by atoms with Gasteiger partial charge < -0.3 is 11.5 Å². The zero-order valence-corrected chi connectivity index (χ0v) is 10.4. The van der Waals surface area contributed by atoms with Crippen LogP contribution in [0.1, 0.15) is 16.7 Å². The molecule has 0 saturated carbocycles. The quantitative estimate of drug-likeness (QED) is 0.793. The first kappa shape index (κ1) is 12.8. The average Bonchev–Trinajstić information content (AvgIpc) is 2.26. The summed E-state index contributed by atoms with van der Waals surface area (Å²) in [5.74, 6) is 0. The molecule has 0 heterocycles. The van der Waals surface area contributed by atoms with E-state index in [1.54, 1.807) is 6.20 Å². The maximum atomic E-state index is 6.19. The van der Waals surface area contributed by atoms with Gasteiger partial charge in [0.2, 0.25) is 0 Å². The van der Waals surface area contributed by atoms with Crippen LogP contribution in [0.4, 0.5) is 0 Å². The molecule has 1 aromatic carbocycles. The van der Waals surface area contributed by atoms with Crippen molar-refractivity contribution in [2.75, 3.05) is 6.54 Å². The van der Waals surface area contributed by atoms with Crippen LogP contribution in [0.5, 0.6) is 0 Å². The summed E-state index contributed by atoms with van der Waals surface area (Å²) >= 11 is 6.19. The van der Waals surface area contributed by atoms with E-state index in [0.29, 0.717) is 11.6 Å². The van der Waals surface area contributed by atoms with Gasteiger partial charge in [0, 0.05) is 23.3 Å². The molecular formula is C13H17ClN2. The van der Waals surface area contributed by atoms with E-state index in [4.69, 9.17) is 23.1 Å². The summed E-state index contributed by atoms with van der Waals surface area (Å²) in [6.07, 6.45) is 5.28. The first-order valence-corrected chi connectivity index (χ1v) is 5.53. The van der Waals surface area contributed by atoms with Gasteiger partial charge in [-0.15, -0.1) is 0 Å². The summed E-state index contributed by atoms with van der Waals surface area (Å²) < 4.78 is 0. The highest BCUT2D eigenvalue weighted by Gasteiger charge is 2.06. The van der Waals surface area contributed by atoms with E-state index in [9.17, 15) is 0 Å². The fraction of sp³-hybridized carbons (Fsp3) is 0.231. The van der Waals surface area contributed by atoms with E-state index in [-0.39, 0.29) is 0 Å². The highest BCUT2D eigenvalue weighted by atomic mass is 35.5. The minimum absolute atomic E-state index is 0.486. The normalized spacial score (nSPS) is 12.4.